The molecular formula is C19H21N3O3S. The minimum Gasteiger partial charge on any atom is -0.497 e. The van der Waals surface area contributed by atoms with Gasteiger partial charge in [0.2, 0.25) is 5.95 Å². The van der Waals surface area contributed by atoms with Crippen LogP contribution < -0.4 is 15.2 Å². The molecule has 3 aromatic rings. The van der Waals surface area contributed by atoms with E-state index in [1.54, 1.807) is 11.7 Å². The van der Waals surface area contributed by atoms with Crippen LogP contribution in [0.25, 0.3) is 21.3 Å². The minimum absolute atomic E-state index is 0.00964. The number of aliphatic hydroxyl groups is 1. The van der Waals surface area contributed by atoms with E-state index in [1.807, 2.05) is 29.6 Å². The molecule has 0 amide bonds. The zero-order valence-electron chi connectivity index (χ0n) is 14.8. The van der Waals surface area contributed by atoms with Crippen molar-refractivity contribution in [3.05, 3.63) is 40.0 Å². The predicted octanol–water partition coefficient (Wildman–Crippen LogP) is 2.72. The molecule has 1 aromatic carbocycles. The number of aliphatic hydroxyl groups excluding tert-OH is 1. The number of hydrogen-bond donors (Lipinski definition) is 1. The van der Waals surface area contributed by atoms with Gasteiger partial charge in [0.1, 0.15) is 10.6 Å². The van der Waals surface area contributed by atoms with Crippen molar-refractivity contribution >= 4 is 27.5 Å². The van der Waals surface area contributed by atoms with E-state index in [2.05, 4.69) is 11.8 Å². The highest BCUT2D eigenvalue weighted by molar-refractivity contribution is 7.17. The van der Waals surface area contributed by atoms with E-state index in [4.69, 9.17) is 14.8 Å². The maximum atomic E-state index is 13.2. The monoisotopic (exact) mass is 371 g/mol. The number of fused-ring (bicyclic) bond motifs is 2. The molecule has 26 heavy (non-hydrogen) atoms. The second kappa shape index (κ2) is 6.74. The molecule has 1 atom stereocenters. The fourth-order valence-corrected chi connectivity index (χ4v) is 4.43. The molecule has 0 spiro atoms. The fraction of sp³-hybridized carbons (Fsp3) is 0.368. The summed E-state index contributed by atoms with van der Waals surface area (Å²) in [5.41, 5.74) is 1.91. The third-order valence-corrected chi connectivity index (χ3v) is 5.74. The van der Waals surface area contributed by atoms with Gasteiger partial charge in [-0.1, -0.05) is 12.1 Å². The molecule has 7 heteroatoms. The lowest BCUT2D eigenvalue weighted by Gasteiger charge is -2.21. The largest absolute Gasteiger partial charge is 0.497 e. The van der Waals surface area contributed by atoms with Crippen molar-refractivity contribution in [2.45, 2.75) is 25.9 Å². The second-order valence-electron chi connectivity index (χ2n) is 6.51. The maximum Gasteiger partial charge on any atom is 0.264 e. The molecule has 6 nitrogen and oxygen atoms in total. The lowest BCUT2D eigenvalue weighted by atomic mass is 10.1. The van der Waals surface area contributed by atoms with Gasteiger partial charge in [-0.2, -0.15) is 0 Å². The summed E-state index contributed by atoms with van der Waals surface area (Å²) >= 11 is 1.49. The summed E-state index contributed by atoms with van der Waals surface area (Å²) in [6, 6.07) is 7.93. The molecule has 0 saturated carbocycles. The van der Waals surface area contributed by atoms with Crippen molar-refractivity contribution in [2.75, 3.05) is 25.2 Å². The highest BCUT2D eigenvalue weighted by atomic mass is 32.1. The van der Waals surface area contributed by atoms with E-state index < -0.39 is 0 Å². The van der Waals surface area contributed by atoms with Crippen LogP contribution in [-0.4, -0.2) is 41.0 Å². The third kappa shape index (κ3) is 2.68. The van der Waals surface area contributed by atoms with E-state index in [0.29, 0.717) is 30.8 Å². The SMILES string of the molecule is COc1ccc(-c2csc3nc4n(c(=O)c23)CC(C)N4CCCO)cc1. The molecule has 1 unspecified atom stereocenters. The number of rotatable bonds is 5. The summed E-state index contributed by atoms with van der Waals surface area (Å²) < 4.78 is 6.98. The van der Waals surface area contributed by atoms with Crippen LogP contribution in [0, 0.1) is 0 Å². The van der Waals surface area contributed by atoms with Gasteiger partial charge >= 0.3 is 0 Å². The highest BCUT2D eigenvalue weighted by Crippen LogP contribution is 2.34. The molecule has 4 rings (SSSR count). The van der Waals surface area contributed by atoms with E-state index >= 15 is 0 Å². The van der Waals surface area contributed by atoms with Crippen molar-refractivity contribution in [1.82, 2.24) is 9.55 Å². The Labute approximate surface area is 155 Å². The quantitative estimate of drug-likeness (QED) is 0.747. The summed E-state index contributed by atoms with van der Waals surface area (Å²) in [6.07, 6.45) is 0.666. The van der Waals surface area contributed by atoms with Crippen LogP contribution in [0.15, 0.2) is 34.4 Å². The Morgan fingerprint density at radius 1 is 1.35 bits per heavy atom. The highest BCUT2D eigenvalue weighted by Gasteiger charge is 2.30. The van der Waals surface area contributed by atoms with Gasteiger partial charge in [0, 0.05) is 36.7 Å². The van der Waals surface area contributed by atoms with Gasteiger partial charge in [-0.05, 0) is 31.0 Å². The van der Waals surface area contributed by atoms with E-state index in [0.717, 1.165) is 21.7 Å². The summed E-state index contributed by atoms with van der Waals surface area (Å²) in [6.45, 7) is 3.55. The average molecular weight is 371 g/mol. The molecule has 0 fully saturated rings. The Kier molecular flexibility index (Phi) is 4.42. The molecule has 0 radical (unpaired) electrons. The van der Waals surface area contributed by atoms with Crippen LogP contribution in [0.2, 0.25) is 0 Å². The molecule has 0 bridgehead atoms. The number of aromatic nitrogens is 2. The van der Waals surface area contributed by atoms with Crippen molar-refractivity contribution in [1.29, 1.82) is 0 Å². The summed E-state index contributed by atoms with van der Waals surface area (Å²) in [4.78, 5) is 20.8. The smallest absolute Gasteiger partial charge is 0.264 e. The second-order valence-corrected chi connectivity index (χ2v) is 7.36. The first-order chi connectivity index (χ1) is 12.6. The van der Waals surface area contributed by atoms with Crippen molar-refractivity contribution in [3.63, 3.8) is 0 Å². The topological polar surface area (TPSA) is 67.6 Å². The zero-order valence-corrected chi connectivity index (χ0v) is 15.6. The van der Waals surface area contributed by atoms with Gasteiger partial charge in [0.05, 0.1) is 12.5 Å². The molecule has 0 aliphatic carbocycles. The van der Waals surface area contributed by atoms with Crippen molar-refractivity contribution < 1.29 is 9.84 Å². The van der Waals surface area contributed by atoms with Gasteiger partial charge in [0.25, 0.3) is 5.56 Å². The first-order valence-electron chi connectivity index (χ1n) is 8.68. The van der Waals surface area contributed by atoms with Gasteiger partial charge in [-0.15, -0.1) is 11.3 Å². The van der Waals surface area contributed by atoms with Crippen molar-refractivity contribution in [3.8, 4) is 16.9 Å². The maximum absolute atomic E-state index is 13.2. The molecule has 1 N–H and O–H groups in total. The van der Waals surface area contributed by atoms with Gasteiger partial charge in [0.15, 0.2) is 0 Å². The molecule has 1 aliphatic heterocycles. The van der Waals surface area contributed by atoms with E-state index in [-0.39, 0.29) is 18.2 Å². The molecule has 0 saturated heterocycles. The number of thiophene rings is 1. The van der Waals surface area contributed by atoms with Gasteiger partial charge in [-0.25, -0.2) is 4.98 Å². The first kappa shape index (κ1) is 17.1. The first-order valence-corrected chi connectivity index (χ1v) is 9.56. The van der Waals surface area contributed by atoms with Crippen LogP contribution in [-0.2, 0) is 6.54 Å². The Hall–Kier alpha value is -2.38. The van der Waals surface area contributed by atoms with Crippen molar-refractivity contribution in [2.24, 2.45) is 0 Å². The fourth-order valence-electron chi connectivity index (χ4n) is 3.50. The molecule has 2 aromatic heterocycles. The molecular weight excluding hydrogens is 350 g/mol. The lowest BCUT2D eigenvalue weighted by Crippen LogP contribution is -2.31. The number of benzene rings is 1. The van der Waals surface area contributed by atoms with Crippen LogP contribution in [0.1, 0.15) is 13.3 Å². The van der Waals surface area contributed by atoms with E-state index in [9.17, 15) is 4.79 Å². The van der Waals surface area contributed by atoms with Crippen LogP contribution in [0.3, 0.4) is 0 Å². The summed E-state index contributed by atoms with van der Waals surface area (Å²) in [7, 11) is 1.64. The number of ether oxygens (including phenoxy) is 1. The Morgan fingerprint density at radius 3 is 2.81 bits per heavy atom. The Balaban J connectivity index is 1.83. The van der Waals surface area contributed by atoms with Crippen LogP contribution in [0.4, 0.5) is 5.95 Å². The zero-order chi connectivity index (χ0) is 18.3. The number of anilines is 1. The normalized spacial score (nSPS) is 16.3. The van der Waals surface area contributed by atoms with Gasteiger partial charge in [-0.3, -0.25) is 9.36 Å². The number of methoxy groups -OCH3 is 1. The standard InChI is InChI=1S/C19H21N3O3S/c1-12-10-22-18(24)16-15(13-4-6-14(25-2)7-5-13)11-26-17(16)20-19(22)21(12)8-3-9-23/h4-7,11-12,23H,3,8-10H2,1-2H3. The summed E-state index contributed by atoms with van der Waals surface area (Å²) in [5, 5.41) is 11.8. The Morgan fingerprint density at radius 2 is 2.12 bits per heavy atom. The third-order valence-electron chi connectivity index (χ3n) is 4.87. The molecule has 3 heterocycles. The summed E-state index contributed by atoms with van der Waals surface area (Å²) in [5.74, 6) is 1.50. The van der Waals surface area contributed by atoms with E-state index in [1.165, 1.54) is 11.3 Å². The minimum atomic E-state index is 0.00964. The molecule has 136 valence electrons. The number of nitrogens with zero attached hydrogens (tertiary/aromatic N) is 3. The van der Waals surface area contributed by atoms with Gasteiger partial charge < -0.3 is 14.7 Å². The lowest BCUT2D eigenvalue weighted by molar-refractivity contribution is 0.288. The number of hydrogen-bond acceptors (Lipinski definition) is 6. The molecule has 1 aliphatic rings. The van der Waals surface area contributed by atoms with Crippen LogP contribution in [0.5, 0.6) is 5.75 Å². The van der Waals surface area contributed by atoms with Crippen LogP contribution >= 0.6 is 11.3 Å². The predicted molar refractivity (Wildman–Crippen MR) is 104 cm³/mol. The average Bonchev–Trinajstić information content (AvgIpc) is 3.22. The Bertz CT molecular complexity index is 994.